The fourth-order valence-corrected chi connectivity index (χ4v) is 1.46. The molecule has 2 amide bonds. The number of hydrogen-bond acceptors (Lipinski definition) is 3. The predicted molar refractivity (Wildman–Crippen MR) is 66.5 cm³/mol. The van der Waals surface area contributed by atoms with Gasteiger partial charge in [0.2, 0.25) is 5.91 Å². The minimum absolute atomic E-state index is 0.222. The van der Waals surface area contributed by atoms with Crippen molar-refractivity contribution >= 4 is 17.5 Å². The second-order valence-electron chi connectivity index (χ2n) is 3.99. The normalized spacial score (nSPS) is 11.9. The van der Waals surface area contributed by atoms with Crippen LogP contribution >= 0.6 is 0 Å². The average molecular weight is 235 g/mol. The van der Waals surface area contributed by atoms with Gasteiger partial charge in [-0.1, -0.05) is 19.1 Å². The Hall–Kier alpha value is -1.88. The van der Waals surface area contributed by atoms with Crippen LogP contribution in [0, 0.1) is 12.8 Å². The molecule has 1 atom stereocenters. The first-order valence-electron chi connectivity index (χ1n) is 5.37. The van der Waals surface area contributed by atoms with E-state index >= 15 is 0 Å². The summed E-state index contributed by atoms with van der Waals surface area (Å²) in [6, 6.07) is 5.17. The lowest BCUT2D eigenvalue weighted by atomic mass is 10.1. The maximum Gasteiger partial charge on any atom is 0.251 e. The third-order valence-electron chi connectivity index (χ3n) is 2.58. The zero-order valence-corrected chi connectivity index (χ0v) is 9.99. The van der Waals surface area contributed by atoms with Crippen LogP contribution in [0.2, 0.25) is 0 Å². The summed E-state index contributed by atoms with van der Waals surface area (Å²) in [6.07, 6.45) is 0. The molecule has 0 bridgehead atoms. The first kappa shape index (κ1) is 13.2. The number of carbonyl (C=O) groups is 2. The highest BCUT2D eigenvalue weighted by molar-refractivity contribution is 6.04. The summed E-state index contributed by atoms with van der Waals surface area (Å²) < 4.78 is 0. The molecule has 0 heterocycles. The molecule has 1 aromatic carbocycles. The molecule has 0 saturated heterocycles. The van der Waals surface area contributed by atoms with E-state index in [1.807, 2.05) is 0 Å². The van der Waals surface area contributed by atoms with E-state index in [0.29, 0.717) is 11.3 Å². The summed E-state index contributed by atoms with van der Waals surface area (Å²) in [5, 5.41) is 2.66. The highest BCUT2D eigenvalue weighted by atomic mass is 16.2. The van der Waals surface area contributed by atoms with Crippen molar-refractivity contribution in [2.24, 2.45) is 17.4 Å². The third kappa shape index (κ3) is 3.04. The number of anilines is 1. The van der Waals surface area contributed by atoms with Crippen LogP contribution in [0.15, 0.2) is 18.2 Å². The molecule has 0 saturated carbocycles. The number of hydrogen-bond donors (Lipinski definition) is 3. The summed E-state index contributed by atoms with van der Waals surface area (Å²) in [6.45, 7) is 3.74. The molecule has 0 aliphatic rings. The molecule has 0 aliphatic heterocycles. The summed E-state index contributed by atoms with van der Waals surface area (Å²) in [5.41, 5.74) is 12.2. The van der Waals surface area contributed by atoms with Crippen LogP contribution in [0.4, 0.5) is 5.69 Å². The molecule has 0 spiro atoms. The van der Waals surface area contributed by atoms with Gasteiger partial charge in [0.25, 0.3) is 5.91 Å². The summed E-state index contributed by atoms with van der Waals surface area (Å²) in [7, 11) is 0. The number of benzene rings is 1. The standard InChI is InChI=1S/C12H17N3O2/c1-7-4-3-5-9(10(7)11(14)16)15-12(17)8(2)6-13/h3-5,8H,6,13H2,1-2H3,(H2,14,16)(H,15,17). The molecular formula is C12H17N3O2. The van der Waals surface area contributed by atoms with Crippen molar-refractivity contribution in [1.82, 2.24) is 0 Å². The second kappa shape index (κ2) is 5.45. The summed E-state index contributed by atoms with van der Waals surface area (Å²) in [4.78, 5) is 23.0. The maximum absolute atomic E-state index is 11.7. The van der Waals surface area contributed by atoms with Gasteiger partial charge in [-0.25, -0.2) is 0 Å². The number of rotatable bonds is 4. The topological polar surface area (TPSA) is 98.2 Å². The third-order valence-corrected chi connectivity index (χ3v) is 2.58. The van der Waals surface area contributed by atoms with Crippen LogP contribution in [0.5, 0.6) is 0 Å². The molecule has 0 fully saturated rings. The van der Waals surface area contributed by atoms with Gasteiger partial charge in [-0.15, -0.1) is 0 Å². The van der Waals surface area contributed by atoms with E-state index in [0.717, 1.165) is 5.56 Å². The number of aryl methyl sites for hydroxylation is 1. The lowest BCUT2D eigenvalue weighted by Gasteiger charge is -2.13. The number of nitrogens with one attached hydrogen (secondary N) is 1. The van der Waals surface area contributed by atoms with Crippen LogP contribution in [0.25, 0.3) is 0 Å². The van der Waals surface area contributed by atoms with Gasteiger partial charge in [-0.2, -0.15) is 0 Å². The van der Waals surface area contributed by atoms with Gasteiger partial charge in [0.05, 0.1) is 11.3 Å². The number of primary amides is 1. The first-order chi connectivity index (χ1) is 7.97. The van der Waals surface area contributed by atoms with Crippen molar-refractivity contribution in [2.75, 3.05) is 11.9 Å². The first-order valence-corrected chi connectivity index (χ1v) is 5.37. The molecule has 5 N–H and O–H groups in total. The zero-order chi connectivity index (χ0) is 13.0. The lowest BCUT2D eigenvalue weighted by Crippen LogP contribution is -2.28. The summed E-state index contributed by atoms with van der Waals surface area (Å²) in [5.74, 6) is -1.09. The molecule has 0 aliphatic carbocycles. The average Bonchev–Trinajstić information content (AvgIpc) is 2.27. The van der Waals surface area contributed by atoms with Crippen LogP contribution in [-0.4, -0.2) is 18.4 Å². The highest BCUT2D eigenvalue weighted by Gasteiger charge is 2.16. The van der Waals surface area contributed by atoms with Gasteiger partial charge < -0.3 is 16.8 Å². The van der Waals surface area contributed by atoms with E-state index in [4.69, 9.17) is 11.5 Å². The fraction of sp³-hybridized carbons (Fsp3) is 0.333. The Balaban J connectivity index is 3.03. The maximum atomic E-state index is 11.7. The van der Waals surface area contributed by atoms with Crippen LogP contribution < -0.4 is 16.8 Å². The molecule has 0 radical (unpaired) electrons. The van der Waals surface area contributed by atoms with E-state index in [2.05, 4.69) is 5.32 Å². The Kier molecular flexibility index (Phi) is 4.23. The van der Waals surface area contributed by atoms with E-state index in [9.17, 15) is 9.59 Å². The summed E-state index contributed by atoms with van der Waals surface area (Å²) >= 11 is 0. The van der Waals surface area contributed by atoms with Gasteiger partial charge in [-0.3, -0.25) is 9.59 Å². The lowest BCUT2D eigenvalue weighted by molar-refractivity contribution is -0.119. The van der Waals surface area contributed by atoms with Crippen molar-refractivity contribution in [3.05, 3.63) is 29.3 Å². The van der Waals surface area contributed by atoms with Gasteiger partial charge in [0.15, 0.2) is 0 Å². The van der Waals surface area contributed by atoms with Gasteiger partial charge in [-0.05, 0) is 18.6 Å². The predicted octanol–water partition coefficient (Wildman–Crippen LogP) is 0.627. The van der Waals surface area contributed by atoms with E-state index in [1.165, 1.54) is 0 Å². The van der Waals surface area contributed by atoms with Crippen molar-refractivity contribution < 1.29 is 9.59 Å². The molecule has 17 heavy (non-hydrogen) atoms. The van der Waals surface area contributed by atoms with Gasteiger partial charge in [0.1, 0.15) is 0 Å². The monoisotopic (exact) mass is 235 g/mol. The van der Waals surface area contributed by atoms with E-state index in [-0.39, 0.29) is 18.4 Å². The SMILES string of the molecule is Cc1cccc(NC(=O)C(C)CN)c1C(N)=O. The van der Waals surface area contributed by atoms with Crippen molar-refractivity contribution in [2.45, 2.75) is 13.8 Å². The largest absolute Gasteiger partial charge is 0.366 e. The van der Waals surface area contributed by atoms with Gasteiger partial charge >= 0.3 is 0 Å². The second-order valence-corrected chi connectivity index (χ2v) is 3.99. The van der Waals surface area contributed by atoms with Crippen molar-refractivity contribution in [1.29, 1.82) is 0 Å². The molecule has 92 valence electrons. The molecule has 1 aromatic rings. The molecule has 5 heteroatoms. The number of carbonyl (C=O) groups excluding carboxylic acids is 2. The Morgan fingerprint density at radius 3 is 2.59 bits per heavy atom. The number of amides is 2. The quantitative estimate of drug-likeness (QED) is 0.713. The fourth-order valence-electron chi connectivity index (χ4n) is 1.46. The smallest absolute Gasteiger partial charge is 0.251 e. The molecule has 0 aromatic heterocycles. The highest BCUT2D eigenvalue weighted by Crippen LogP contribution is 2.19. The van der Waals surface area contributed by atoms with Crippen molar-refractivity contribution in [3.8, 4) is 0 Å². The minimum Gasteiger partial charge on any atom is -0.366 e. The van der Waals surface area contributed by atoms with Gasteiger partial charge in [0, 0.05) is 12.5 Å². The Labute approximate surface area is 100 Å². The Morgan fingerprint density at radius 2 is 2.06 bits per heavy atom. The molecule has 5 nitrogen and oxygen atoms in total. The molecule has 1 unspecified atom stereocenters. The van der Waals surface area contributed by atoms with Crippen LogP contribution in [0.3, 0.4) is 0 Å². The van der Waals surface area contributed by atoms with E-state index < -0.39 is 5.91 Å². The molecular weight excluding hydrogens is 218 g/mol. The zero-order valence-electron chi connectivity index (χ0n) is 9.99. The van der Waals surface area contributed by atoms with Crippen molar-refractivity contribution in [3.63, 3.8) is 0 Å². The Morgan fingerprint density at radius 1 is 1.41 bits per heavy atom. The van der Waals surface area contributed by atoms with E-state index in [1.54, 1.807) is 32.0 Å². The number of nitrogens with two attached hydrogens (primary N) is 2. The van der Waals surface area contributed by atoms with Crippen LogP contribution in [0.1, 0.15) is 22.8 Å². The minimum atomic E-state index is -0.557. The Bertz CT molecular complexity index is 443. The molecule has 1 rings (SSSR count). The van der Waals surface area contributed by atoms with Crippen LogP contribution in [-0.2, 0) is 4.79 Å².